The van der Waals surface area contributed by atoms with E-state index < -0.39 is 6.04 Å². The van der Waals surface area contributed by atoms with Crippen LogP contribution >= 0.6 is 0 Å². The van der Waals surface area contributed by atoms with Gasteiger partial charge in [-0.05, 0) is 31.5 Å². The van der Waals surface area contributed by atoms with E-state index in [4.69, 9.17) is 9.73 Å². The van der Waals surface area contributed by atoms with E-state index >= 15 is 0 Å². The summed E-state index contributed by atoms with van der Waals surface area (Å²) in [6, 6.07) is 5.14. The van der Waals surface area contributed by atoms with Gasteiger partial charge in [0.2, 0.25) is 11.9 Å². The second-order valence-electron chi connectivity index (χ2n) is 7.64. The number of anilines is 1. The molecule has 3 aliphatic heterocycles. The summed E-state index contributed by atoms with van der Waals surface area (Å²) in [4.78, 5) is 35.3. The van der Waals surface area contributed by atoms with Crippen LogP contribution in [-0.4, -0.2) is 77.9 Å². The first-order valence-corrected chi connectivity index (χ1v) is 9.60. The van der Waals surface area contributed by atoms with Gasteiger partial charge in [-0.25, -0.2) is 14.3 Å². The molecule has 0 N–H and O–H groups in total. The monoisotopic (exact) mass is 384 g/mol. The molecular formula is C20H26N5O3+. The lowest BCUT2D eigenvalue weighted by Crippen LogP contribution is -2.63. The largest absolute Gasteiger partial charge is 0.493 e. The van der Waals surface area contributed by atoms with Crippen LogP contribution in [0.3, 0.4) is 0 Å². The molecule has 1 saturated heterocycles. The number of rotatable bonds is 3. The van der Waals surface area contributed by atoms with Gasteiger partial charge in [0.15, 0.2) is 5.75 Å². The van der Waals surface area contributed by atoms with Crippen LogP contribution in [0.15, 0.2) is 23.2 Å². The number of ether oxygens (including phenoxy) is 1. The van der Waals surface area contributed by atoms with Gasteiger partial charge in [0.1, 0.15) is 5.69 Å². The highest BCUT2D eigenvalue weighted by Gasteiger charge is 2.55. The van der Waals surface area contributed by atoms with Gasteiger partial charge < -0.3 is 4.74 Å². The molecule has 0 bridgehead atoms. The predicted molar refractivity (Wildman–Crippen MR) is 106 cm³/mol. The number of fused-ring (bicyclic) bond motifs is 2. The van der Waals surface area contributed by atoms with Gasteiger partial charge >= 0.3 is 12.0 Å². The number of nitrogens with zero attached hydrogens (tertiary/aromatic N) is 5. The third-order valence-corrected chi connectivity index (χ3v) is 5.57. The summed E-state index contributed by atoms with van der Waals surface area (Å²) in [6.07, 6.45) is 0. The van der Waals surface area contributed by atoms with E-state index in [-0.39, 0.29) is 11.9 Å². The molecule has 3 heterocycles. The number of benzene rings is 1. The number of amides is 3. The molecule has 4 rings (SSSR count). The summed E-state index contributed by atoms with van der Waals surface area (Å²) >= 11 is 0. The number of methoxy groups -OCH3 is 1. The minimum atomic E-state index is -0.557. The quantitative estimate of drug-likeness (QED) is 0.741. The molecule has 8 nitrogen and oxygen atoms in total. The van der Waals surface area contributed by atoms with Crippen molar-refractivity contribution in [3.05, 3.63) is 23.8 Å². The first-order valence-electron chi connectivity index (χ1n) is 9.60. The summed E-state index contributed by atoms with van der Waals surface area (Å²) < 4.78 is 7.62. The smallest absolute Gasteiger partial charge is 0.397 e. The number of hydrogen-bond acceptors (Lipinski definition) is 5. The Balaban J connectivity index is 1.85. The van der Waals surface area contributed by atoms with Crippen molar-refractivity contribution in [2.45, 2.75) is 26.8 Å². The Morgan fingerprint density at radius 1 is 1.32 bits per heavy atom. The molecule has 0 saturated carbocycles. The standard InChI is InChI=1S/C20H26N5O3/c1-6-23-18(26)16-17(22(4)20(23)27)21-19-24(10-13(3)11-25(16)19)14-9-12(2)7-8-15(14)28-5/h7-9,13,16H,6,10-11H2,1-5H3/q+1. The fraction of sp³-hybridized carbons (Fsp3) is 0.500. The zero-order valence-electron chi connectivity index (χ0n) is 17.0. The summed E-state index contributed by atoms with van der Waals surface area (Å²) in [5.74, 6) is 2.07. The fourth-order valence-electron chi connectivity index (χ4n) is 4.20. The maximum Gasteiger partial charge on any atom is 0.397 e. The number of aryl methyl sites for hydroxylation is 1. The van der Waals surface area contributed by atoms with Crippen molar-refractivity contribution in [1.29, 1.82) is 0 Å². The van der Waals surface area contributed by atoms with Gasteiger partial charge in [-0.15, -0.1) is 0 Å². The molecule has 3 aliphatic rings. The number of imide groups is 1. The summed E-state index contributed by atoms with van der Waals surface area (Å²) in [5, 5.41) is 0. The molecule has 2 unspecified atom stereocenters. The SMILES string of the molecule is CCN1C(=O)C2C(=NC3=[N+]2CC(C)CN3c2cc(C)ccc2OC)N(C)C1=O. The molecule has 0 aromatic heterocycles. The van der Waals surface area contributed by atoms with Crippen molar-refractivity contribution in [3.63, 3.8) is 0 Å². The zero-order chi connectivity index (χ0) is 20.2. The van der Waals surface area contributed by atoms with Crippen molar-refractivity contribution in [1.82, 2.24) is 9.80 Å². The van der Waals surface area contributed by atoms with Crippen LogP contribution in [0.1, 0.15) is 19.4 Å². The highest BCUT2D eigenvalue weighted by atomic mass is 16.5. The second-order valence-corrected chi connectivity index (χ2v) is 7.64. The molecule has 28 heavy (non-hydrogen) atoms. The number of likely N-dealkylation sites (N-methyl/N-ethyl adjacent to an activating group) is 2. The topological polar surface area (TPSA) is 68.5 Å². The zero-order valence-corrected chi connectivity index (χ0v) is 17.0. The number of guanidine groups is 1. The highest BCUT2D eigenvalue weighted by Crippen LogP contribution is 2.34. The molecule has 0 radical (unpaired) electrons. The van der Waals surface area contributed by atoms with E-state index in [1.807, 2.05) is 30.6 Å². The molecule has 148 valence electrons. The minimum Gasteiger partial charge on any atom is -0.493 e. The van der Waals surface area contributed by atoms with Gasteiger partial charge in [0, 0.05) is 19.5 Å². The van der Waals surface area contributed by atoms with Crippen LogP contribution in [0.5, 0.6) is 5.75 Å². The fourth-order valence-corrected chi connectivity index (χ4v) is 4.20. The van der Waals surface area contributed by atoms with E-state index in [1.54, 1.807) is 14.2 Å². The highest BCUT2D eigenvalue weighted by molar-refractivity contribution is 6.24. The van der Waals surface area contributed by atoms with Crippen LogP contribution in [0, 0.1) is 12.8 Å². The van der Waals surface area contributed by atoms with E-state index in [0.717, 1.165) is 23.5 Å². The van der Waals surface area contributed by atoms with Crippen molar-refractivity contribution >= 4 is 29.4 Å². The van der Waals surface area contributed by atoms with E-state index in [1.165, 1.54) is 9.80 Å². The number of amidine groups is 1. The number of carbonyl (C=O) groups excluding carboxylic acids is 2. The maximum atomic E-state index is 13.1. The Kier molecular flexibility index (Phi) is 4.36. The molecule has 1 aromatic rings. The third kappa shape index (κ3) is 2.58. The van der Waals surface area contributed by atoms with Gasteiger partial charge in [0.25, 0.3) is 5.91 Å². The van der Waals surface area contributed by atoms with Crippen LogP contribution < -0.4 is 9.64 Å². The van der Waals surface area contributed by atoms with Crippen molar-refractivity contribution in [3.8, 4) is 5.75 Å². The number of hydrogen-bond donors (Lipinski definition) is 0. The minimum absolute atomic E-state index is 0.204. The van der Waals surface area contributed by atoms with Crippen LogP contribution in [0.25, 0.3) is 0 Å². The van der Waals surface area contributed by atoms with Crippen molar-refractivity contribution in [2.24, 2.45) is 10.9 Å². The lowest BCUT2D eigenvalue weighted by atomic mass is 10.1. The lowest BCUT2D eigenvalue weighted by Gasteiger charge is -2.35. The van der Waals surface area contributed by atoms with E-state index in [0.29, 0.717) is 30.8 Å². The third-order valence-electron chi connectivity index (χ3n) is 5.57. The number of carbonyl (C=O) groups is 2. The molecule has 2 atom stereocenters. The van der Waals surface area contributed by atoms with Crippen molar-refractivity contribution in [2.75, 3.05) is 38.7 Å². The summed E-state index contributed by atoms with van der Waals surface area (Å²) in [7, 11) is 3.34. The Labute approximate surface area is 164 Å². The van der Waals surface area contributed by atoms with Crippen LogP contribution in [0.4, 0.5) is 10.5 Å². The van der Waals surface area contributed by atoms with Gasteiger partial charge in [-0.3, -0.25) is 14.6 Å². The van der Waals surface area contributed by atoms with Crippen LogP contribution in [0.2, 0.25) is 0 Å². The average molecular weight is 384 g/mol. The Bertz CT molecular complexity index is 922. The van der Waals surface area contributed by atoms with Gasteiger partial charge in [-0.1, -0.05) is 18.0 Å². The van der Waals surface area contributed by atoms with E-state index in [2.05, 4.69) is 17.9 Å². The predicted octanol–water partition coefficient (Wildman–Crippen LogP) is 1.52. The first kappa shape index (κ1) is 18.5. The van der Waals surface area contributed by atoms with Gasteiger partial charge in [0.05, 0.1) is 20.2 Å². The Hall–Kier alpha value is -2.90. The van der Waals surface area contributed by atoms with Crippen molar-refractivity contribution < 1.29 is 18.9 Å². The summed E-state index contributed by atoms with van der Waals surface area (Å²) in [6.45, 7) is 7.83. The normalized spacial score (nSPS) is 24.5. The second kappa shape index (κ2) is 6.61. The summed E-state index contributed by atoms with van der Waals surface area (Å²) in [5.41, 5.74) is 2.04. The van der Waals surface area contributed by atoms with Crippen LogP contribution in [-0.2, 0) is 4.79 Å². The number of urea groups is 1. The average Bonchev–Trinajstić information content (AvgIpc) is 3.05. The van der Waals surface area contributed by atoms with E-state index in [9.17, 15) is 9.59 Å². The molecule has 8 heteroatoms. The Morgan fingerprint density at radius 3 is 2.75 bits per heavy atom. The molecule has 0 aliphatic carbocycles. The maximum absolute atomic E-state index is 13.1. The van der Waals surface area contributed by atoms with Gasteiger partial charge in [-0.2, -0.15) is 0 Å². The molecule has 1 fully saturated rings. The lowest BCUT2D eigenvalue weighted by molar-refractivity contribution is -0.545. The molecular weight excluding hydrogens is 358 g/mol. The Morgan fingerprint density at radius 2 is 2.07 bits per heavy atom. The molecule has 1 aromatic carbocycles. The molecule has 0 spiro atoms. The first-order chi connectivity index (χ1) is 13.4. The molecule has 3 amide bonds. The number of aliphatic imine (C=N–C) groups is 1.